The zero-order chi connectivity index (χ0) is 28.2. The van der Waals surface area contributed by atoms with Gasteiger partial charge in [-0.05, 0) is 42.8 Å². The molecule has 1 aliphatic rings. The number of nitrogens with one attached hydrogen (secondary N) is 1. The molecule has 12 heteroatoms. The van der Waals surface area contributed by atoms with Crippen molar-refractivity contribution < 1.29 is 42.2 Å². The summed E-state index contributed by atoms with van der Waals surface area (Å²) in [5.41, 5.74) is -0.399. The van der Waals surface area contributed by atoms with Gasteiger partial charge >= 0.3 is 24.1 Å². The Morgan fingerprint density at radius 1 is 1.00 bits per heavy atom. The van der Waals surface area contributed by atoms with Crippen molar-refractivity contribution in [3.8, 4) is 5.75 Å². The number of amides is 3. The fourth-order valence-electron chi connectivity index (χ4n) is 3.57. The average molecular weight is 547 g/mol. The quantitative estimate of drug-likeness (QED) is 0.391. The molecule has 0 saturated heterocycles. The van der Waals surface area contributed by atoms with E-state index in [9.17, 15) is 28.0 Å². The molecule has 0 bridgehead atoms. The van der Waals surface area contributed by atoms with E-state index in [2.05, 4.69) is 25.0 Å². The molecule has 0 aromatic heterocycles. The number of hydrogen-bond donors (Lipinski definition) is 1. The van der Waals surface area contributed by atoms with E-state index in [1.54, 1.807) is 12.1 Å². The summed E-state index contributed by atoms with van der Waals surface area (Å²) in [6.07, 6.45) is -1.24. The number of rotatable bonds is 7. The van der Waals surface area contributed by atoms with Crippen molar-refractivity contribution in [1.82, 2.24) is 10.2 Å². The summed E-state index contributed by atoms with van der Waals surface area (Å²) in [6, 6.07) is 6.61. The lowest BCUT2D eigenvalue weighted by molar-refractivity contribution is -0.141. The van der Waals surface area contributed by atoms with E-state index in [1.807, 2.05) is 6.92 Å². The number of ether oxygens (including phenoxy) is 3. The lowest BCUT2D eigenvalue weighted by atomic mass is 9.93. The van der Waals surface area contributed by atoms with Crippen LogP contribution in [-0.4, -0.2) is 50.8 Å². The number of esters is 2. The molecule has 0 saturated carbocycles. The molecule has 0 fully saturated rings. The van der Waals surface area contributed by atoms with E-state index in [0.29, 0.717) is 17.0 Å². The van der Waals surface area contributed by atoms with Crippen LogP contribution in [0.25, 0.3) is 0 Å². The van der Waals surface area contributed by atoms with Crippen LogP contribution in [-0.2, 0) is 19.1 Å². The number of benzene rings is 2. The lowest BCUT2D eigenvalue weighted by Crippen LogP contribution is -2.54. The first kappa shape index (κ1) is 28.5. The van der Waals surface area contributed by atoms with Crippen LogP contribution >= 0.6 is 0 Å². The maximum Gasteiger partial charge on any atom is 0.424 e. The first-order valence-corrected chi connectivity index (χ1v) is 15.4. The van der Waals surface area contributed by atoms with Crippen molar-refractivity contribution >= 4 is 32.1 Å². The third kappa shape index (κ3) is 6.62. The van der Waals surface area contributed by atoms with Gasteiger partial charge in [-0.15, -0.1) is 0 Å². The number of nitrogens with zero attached hydrogens (tertiary/aromatic N) is 1. The number of halogens is 2. The van der Waals surface area contributed by atoms with Crippen LogP contribution in [0.2, 0.25) is 25.7 Å². The molecule has 2 aromatic rings. The normalized spacial score (nSPS) is 15.6. The molecule has 2 aromatic carbocycles. The second-order valence-electron chi connectivity index (χ2n) is 9.78. The van der Waals surface area contributed by atoms with Crippen molar-refractivity contribution in [3.63, 3.8) is 0 Å². The molecular formula is C26H28F2N2O7Si. The molecule has 202 valence electrons. The smallest absolute Gasteiger partial charge is 0.424 e. The lowest BCUT2D eigenvalue weighted by Gasteiger charge is -2.35. The molecule has 1 heterocycles. The van der Waals surface area contributed by atoms with Crippen molar-refractivity contribution in [1.29, 1.82) is 0 Å². The Morgan fingerprint density at radius 3 is 2.24 bits per heavy atom. The van der Waals surface area contributed by atoms with Crippen LogP contribution < -0.4 is 10.1 Å². The van der Waals surface area contributed by atoms with Gasteiger partial charge in [0.2, 0.25) is 0 Å². The second-order valence-corrected chi connectivity index (χ2v) is 15.4. The summed E-state index contributed by atoms with van der Waals surface area (Å²) in [5.74, 6) is -4.57. The minimum absolute atomic E-state index is 0.0252. The fraction of sp³-hybridized carbons (Fsp3) is 0.308. The van der Waals surface area contributed by atoms with Gasteiger partial charge in [0.05, 0.1) is 19.3 Å². The van der Waals surface area contributed by atoms with Crippen LogP contribution in [0.3, 0.4) is 0 Å². The predicted octanol–water partition coefficient (Wildman–Crippen LogP) is 4.85. The summed E-state index contributed by atoms with van der Waals surface area (Å²) < 4.78 is 43.5. The van der Waals surface area contributed by atoms with Gasteiger partial charge in [-0.25, -0.2) is 32.9 Å². The topological polar surface area (TPSA) is 111 Å². The van der Waals surface area contributed by atoms with Crippen molar-refractivity contribution in [2.24, 2.45) is 0 Å². The molecule has 1 atom stereocenters. The van der Waals surface area contributed by atoms with Crippen LogP contribution in [0.5, 0.6) is 5.75 Å². The monoisotopic (exact) mass is 546 g/mol. The highest BCUT2D eigenvalue weighted by Crippen LogP contribution is 2.36. The molecule has 0 spiro atoms. The molecule has 0 aliphatic carbocycles. The fourth-order valence-corrected chi connectivity index (χ4v) is 4.28. The number of imide groups is 1. The van der Waals surface area contributed by atoms with E-state index >= 15 is 0 Å². The predicted molar refractivity (Wildman–Crippen MR) is 135 cm³/mol. The van der Waals surface area contributed by atoms with E-state index < -0.39 is 61.1 Å². The minimum Gasteiger partial charge on any atom is -0.466 e. The van der Waals surface area contributed by atoms with Gasteiger partial charge in [-0.2, -0.15) is 0 Å². The van der Waals surface area contributed by atoms with E-state index in [4.69, 9.17) is 14.2 Å². The molecule has 3 rings (SSSR count). The summed E-state index contributed by atoms with van der Waals surface area (Å²) in [4.78, 5) is 52.8. The first-order valence-electron chi connectivity index (χ1n) is 11.7. The Balaban J connectivity index is 2.11. The van der Waals surface area contributed by atoms with E-state index in [-0.39, 0.29) is 17.9 Å². The van der Waals surface area contributed by atoms with Gasteiger partial charge in [0.15, 0.2) is 11.6 Å². The number of urea groups is 1. The van der Waals surface area contributed by atoms with E-state index in [0.717, 1.165) is 24.8 Å². The average Bonchev–Trinajstić information content (AvgIpc) is 2.85. The Labute approximate surface area is 219 Å². The summed E-state index contributed by atoms with van der Waals surface area (Å²) in [5, 5.41) is 2.21. The molecule has 9 nitrogen and oxygen atoms in total. The molecule has 1 unspecified atom stereocenters. The SMILES string of the molecule is COC(=O)C1=C(C(=O)OCC[Si](C)(C)C)NC(=O)N(C(=O)Oc2ccc(C)cc2)C1c1ccc(F)c(F)c1. The molecule has 1 aliphatic heterocycles. The van der Waals surface area contributed by atoms with Crippen LogP contribution in [0.4, 0.5) is 18.4 Å². The maximum atomic E-state index is 14.3. The van der Waals surface area contributed by atoms with Gasteiger partial charge in [0.1, 0.15) is 17.5 Å². The molecule has 3 amide bonds. The first-order chi connectivity index (χ1) is 17.8. The highest BCUT2D eigenvalue weighted by molar-refractivity contribution is 6.76. The number of methoxy groups -OCH3 is 1. The summed E-state index contributed by atoms with van der Waals surface area (Å²) in [7, 11) is -0.571. The highest BCUT2D eigenvalue weighted by Gasteiger charge is 2.46. The zero-order valence-corrected chi connectivity index (χ0v) is 22.6. The standard InChI is InChI=1S/C26H28F2N2O7Si/c1-15-6-9-17(10-7-15)37-26(34)30-22(16-8-11-18(27)19(28)14-16)20(23(31)35-2)21(29-25(30)33)24(32)36-12-13-38(3,4)5/h6-11,14,22H,12-13H2,1-5H3,(H,29,33). The van der Waals surface area contributed by atoms with Gasteiger partial charge in [0, 0.05) is 8.07 Å². The Morgan fingerprint density at radius 2 is 1.66 bits per heavy atom. The third-order valence-electron chi connectivity index (χ3n) is 5.63. The van der Waals surface area contributed by atoms with Crippen molar-refractivity contribution in [2.75, 3.05) is 13.7 Å². The second kappa shape index (κ2) is 11.5. The number of carbonyl (C=O) groups excluding carboxylic acids is 4. The molecule has 0 radical (unpaired) electrons. The molecule has 38 heavy (non-hydrogen) atoms. The van der Waals surface area contributed by atoms with Crippen molar-refractivity contribution in [2.45, 2.75) is 38.7 Å². The Bertz CT molecular complexity index is 1290. The summed E-state index contributed by atoms with van der Waals surface area (Å²) >= 11 is 0. The highest BCUT2D eigenvalue weighted by atomic mass is 28.3. The van der Waals surface area contributed by atoms with Crippen molar-refractivity contribution in [3.05, 3.63) is 76.5 Å². The van der Waals surface area contributed by atoms with Gasteiger partial charge in [-0.3, -0.25) is 0 Å². The van der Waals surface area contributed by atoms with Crippen LogP contribution in [0, 0.1) is 18.6 Å². The molecular weight excluding hydrogens is 518 g/mol. The minimum atomic E-state index is -1.70. The number of hydrogen-bond acceptors (Lipinski definition) is 7. The van der Waals surface area contributed by atoms with E-state index in [1.165, 1.54) is 12.1 Å². The Hall–Kier alpha value is -4.06. The van der Waals surface area contributed by atoms with Crippen LogP contribution in [0.15, 0.2) is 53.7 Å². The number of carbonyl (C=O) groups is 4. The van der Waals surface area contributed by atoms with Gasteiger partial charge < -0.3 is 19.5 Å². The largest absolute Gasteiger partial charge is 0.466 e. The number of aryl methyl sites for hydroxylation is 1. The zero-order valence-electron chi connectivity index (χ0n) is 21.6. The van der Waals surface area contributed by atoms with Gasteiger partial charge in [0.25, 0.3) is 0 Å². The Kier molecular flexibility index (Phi) is 8.66. The molecule has 1 N–H and O–H groups in total. The summed E-state index contributed by atoms with van der Waals surface area (Å²) in [6.45, 7) is 8.05. The maximum absolute atomic E-state index is 14.3. The van der Waals surface area contributed by atoms with Gasteiger partial charge in [-0.1, -0.05) is 43.4 Å². The third-order valence-corrected chi connectivity index (χ3v) is 7.33. The van der Waals surface area contributed by atoms with Crippen LogP contribution in [0.1, 0.15) is 17.2 Å².